The number of benzene rings is 2. The second kappa shape index (κ2) is 11.5. The van der Waals surface area contributed by atoms with Crippen LogP contribution < -0.4 is 4.74 Å². The fourth-order valence-electron chi connectivity index (χ4n) is 4.84. The van der Waals surface area contributed by atoms with Crippen LogP contribution in [-0.4, -0.2) is 29.4 Å². The highest BCUT2D eigenvalue weighted by molar-refractivity contribution is 5.78. The van der Waals surface area contributed by atoms with Gasteiger partial charge in [0, 0.05) is 18.2 Å². The summed E-state index contributed by atoms with van der Waals surface area (Å²) in [5, 5.41) is 11.2. The van der Waals surface area contributed by atoms with Gasteiger partial charge in [-0.15, -0.1) is 0 Å². The number of hydrogen-bond donors (Lipinski definition) is 1. The van der Waals surface area contributed by atoms with Crippen molar-refractivity contribution in [1.82, 2.24) is 4.98 Å². The zero-order chi connectivity index (χ0) is 23.9. The summed E-state index contributed by atoms with van der Waals surface area (Å²) in [6, 6.07) is 16.8. The van der Waals surface area contributed by atoms with Gasteiger partial charge in [0.1, 0.15) is 12.4 Å². The summed E-state index contributed by atoms with van der Waals surface area (Å²) in [6.07, 6.45) is 7.22. The van der Waals surface area contributed by atoms with Crippen LogP contribution >= 0.6 is 0 Å². The van der Waals surface area contributed by atoms with Crippen molar-refractivity contribution in [2.75, 3.05) is 13.2 Å². The Hall–Kier alpha value is -2.85. The lowest BCUT2D eigenvalue weighted by atomic mass is 9.92. The lowest BCUT2D eigenvalue weighted by Crippen LogP contribution is -2.26. The first-order chi connectivity index (χ1) is 16.5. The summed E-state index contributed by atoms with van der Waals surface area (Å²) in [5.41, 5.74) is 7.66. The van der Waals surface area contributed by atoms with Crippen LogP contribution in [0.2, 0.25) is 0 Å². The molecule has 1 fully saturated rings. The third-order valence-corrected chi connectivity index (χ3v) is 6.68. The molecule has 1 aliphatic heterocycles. The minimum absolute atomic E-state index is 0.0982. The topological polar surface area (TPSA) is 51.6 Å². The van der Waals surface area contributed by atoms with E-state index in [4.69, 9.17) is 14.5 Å². The minimum Gasteiger partial charge on any atom is -0.507 e. The monoisotopic (exact) mass is 459 g/mol. The Bertz CT molecular complexity index is 1060. The molecule has 0 saturated carbocycles. The van der Waals surface area contributed by atoms with Gasteiger partial charge in [-0.25, -0.2) is 4.98 Å². The van der Waals surface area contributed by atoms with E-state index in [1.54, 1.807) is 6.07 Å². The van der Waals surface area contributed by atoms with Crippen LogP contribution in [0.3, 0.4) is 0 Å². The average Bonchev–Trinajstić information content (AvgIpc) is 2.84. The minimum atomic E-state index is 0.0982. The first-order valence-electron chi connectivity index (χ1n) is 12.7. The van der Waals surface area contributed by atoms with Crippen molar-refractivity contribution >= 4 is 0 Å². The molecule has 2 heterocycles. The summed E-state index contributed by atoms with van der Waals surface area (Å²) in [7, 11) is 0. The number of aromatic hydroxyl groups is 1. The van der Waals surface area contributed by atoms with Crippen LogP contribution in [0.4, 0.5) is 0 Å². The Balaban J connectivity index is 1.61. The SMILES string of the molecule is CCCc1ccc(CCc2nc(OCC3CCCCO3)cc(O)c2-c2c(C)cccc2C)cc1. The standard InChI is InChI=1S/C30H37NO3/c1-4-8-23-12-14-24(15-13-23)16-17-26-30(29-21(2)9-7-10-22(29)3)27(32)19-28(31-26)34-20-25-11-5-6-18-33-25/h7,9-10,12-15,19,25H,4-6,8,11,16-18,20H2,1-3H3,(H,31,32). The molecule has 0 spiro atoms. The molecule has 0 bridgehead atoms. The molecule has 34 heavy (non-hydrogen) atoms. The molecular weight excluding hydrogens is 422 g/mol. The Morgan fingerprint density at radius 3 is 2.29 bits per heavy atom. The van der Waals surface area contributed by atoms with Crippen molar-refractivity contribution in [3.63, 3.8) is 0 Å². The molecule has 4 nitrogen and oxygen atoms in total. The zero-order valence-corrected chi connectivity index (χ0v) is 20.8. The maximum Gasteiger partial charge on any atom is 0.217 e. The normalized spacial score (nSPS) is 15.9. The van der Waals surface area contributed by atoms with E-state index in [0.717, 1.165) is 73.1 Å². The smallest absolute Gasteiger partial charge is 0.217 e. The van der Waals surface area contributed by atoms with Crippen molar-refractivity contribution < 1.29 is 14.6 Å². The maximum absolute atomic E-state index is 11.2. The van der Waals surface area contributed by atoms with Crippen molar-refractivity contribution in [2.45, 2.75) is 71.8 Å². The molecular formula is C30H37NO3. The summed E-state index contributed by atoms with van der Waals surface area (Å²) in [4.78, 5) is 4.90. The molecule has 2 aromatic carbocycles. The molecule has 3 aromatic rings. The van der Waals surface area contributed by atoms with Crippen molar-refractivity contribution in [3.05, 3.63) is 76.5 Å². The predicted molar refractivity (Wildman–Crippen MR) is 138 cm³/mol. The van der Waals surface area contributed by atoms with Crippen LogP contribution in [-0.2, 0) is 24.0 Å². The molecule has 1 aliphatic rings. The second-order valence-electron chi connectivity index (χ2n) is 9.43. The van der Waals surface area contributed by atoms with E-state index in [1.165, 1.54) is 17.5 Å². The predicted octanol–water partition coefficient (Wildman–Crippen LogP) is 6.76. The Morgan fingerprint density at radius 2 is 1.65 bits per heavy atom. The van der Waals surface area contributed by atoms with Crippen LogP contribution in [0.25, 0.3) is 11.1 Å². The highest BCUT2D eigenvalue weighted by atomic mass is 16.5. The molecule has 180 valence electrons. The fraction of sp³-hybridized carbons (Fsp3) is 0.433. The quantitative estimate of drug-likeness (QED) is 0.384. The van der Waals surface area contributed by atoms with Gasteiger partial charge in [0.2, 0.25) is 5.88 Å². The van der Waals surface area contributed by atoms with E-state index in [0.29, 0.717) is 12.5 Å². The lowest BCUT2D eigenvalue weighted by molar-refractivity contribution is -0.0120. The number of aromatic nitrogens is 1. The van der Waals surface area contributed by atoms with Crippen LogP contribution in [0.5, 0.6) is 11.6 Å². The zero-order valence-electron chi connectivity index (χ0n) is 20.8. The van der Waals surface area contributed by atoms with Gasteiger partial charge >= 0.3 is 0 Å². The van der Waals surface area contributed by atoms with E-state index in [2.05, 4.69) is 63.2 Å². The number of nitrogens with zero attached hydrogens (tertiary/aromatic N) is 1. The van der Waals surface area contributed by atoms with Gasteiger partial charge in [-0.3, -0.25) is 0 Å². The van der Waals surface area contributed by atoms with Crippen LogP contribution in [0.1, 0.15) is 60.6 Å². The van der Waals surface area contributed by atoms with Gasteiger partial charge in [-0.05, 0) is 80.2 Å². The van der Waals surface area contributed by atoms with Crippen molar-refractivity contribution in [2.24, 2.45) is 0 Å². The van der Waals surface area contributed by atoms with Gasteiger partial charge in [-0.2, -0.15) is 0 Å². The molecule has 1 atom stereocenters. The Kier molecular flexibility index (Phi) is 8.23. The molecule has 0 aliphatic carbocycles. The summed E-state index contributed by atoms with van der Waals surface area (Å²) >= 11 is 0. The van der Waals surface area contributed by atoms with E-state index in [9.17, 15) is 5.11 Å². The molecule has 0 radical (unpaired) electrons. The van der Waals surface area contributed by atoms with Gasteiger partial charge in [0.15, 0.2) is 0 Å². The van der Waals surface area contributed by atoms with E-state index < -0.39 is 0 Å². The molecule has 1 saturated heterocycles. The first-order valence-corrected chi connectivity index (χ1v) is 12.7. The van der Waals surface area contributed by atoms with Gasteiger partial charge in [0.25, 0.3) is 0 Å². The summed E-state index contributed by atoms with van der Waals surface area (Å²) in [5.74, 6) is 0.690. The largest absolute Gasteiger partial charge is 0.507 e. The van der Waals surface area contributed by atoms with Crippen LogP contribution in [0, 0.1) is 13.8 Å². The van der Waals surface area contributed by atoms with Gasteiger partial charge < -0.3 is 14.6 Å². The Labute approximate surface area is 204 Å². The number of rotatable bonds is 9. The van der Waals surface area contributed by atoms with E-state index in [-0.39, 0.29) is 11.9 Å². The Morgan fingerprint density at radius 1 is 0.941 bits per heavy atom. The summed E-state index contributed by atoms with van der Waals surface area (Å²) in [6.45, 7) is 7.64. The summed E-state index contributed by atoms with van der Waals surface area (Å²) < 4.78 is 11.8. The number of pyridine rings is 1. The van der Waals surface area contributed by atoms with Crippen molar-refractivity contribution in [3.8, 4) is 22.8 Å². The van der Waals surface area contributed by atoms with Crippen molar-refractivity contribution in [1.29, 1.82) is 0 Å². The maximum atomic E-state index is 11.2. The molecule has 1 N–H and O–H groups in total. The van der Waals surface area contributed by atoms with Gasteiger partial charge in [0.05, 0.1) is 11.8 Å². The number of ether oxygens (including phenoxy) is 2. The third kappa shape index (κ3) is 5.98. The second-order valence-corrected chi connectivity index (χ2v) is 9.43. The highest BCUT2D eigenvalue weighted by Crippen LogP contribution is 2.38. The van der Waals surface area contributed by atoms with Crippen LogP contribution in [0.15, 0.2) is 48.5 Å². The molecule has 0 amide bonds. The lowest BCUT2D eigenvalue weighted by Gasteiger charge is -2.23. The fourth-order valence-corrected chi connectivity index (χ4v) is 4.84. The molecule has 4 heteroatoms. The molecule has 1 aromatic heterocycles. The third-order valence-electron chi connectivity index (χ3n) is 6.68. The molecule has 1 unspecified atom stereocenters. The first kappa shape index (κ1) is 24.3. The molecule has 4 rings (SSSR count). The number of aryl methyl sites for hydroxylation is 5. The van der Waals surface area contributed by atoms with E-state index in [1.807, 2.05) is 0 Å². The highest BCUT2D eigenvalue weighted by Gasteiger charge is 2.20. The van der Waals surface area contributed by atoms with E-state index >= 15 is 0 Å². The average molecular weight is 460 g/mol. The number of hydrogen-bond acceptors (Lipinski definition) is 4. The van der Waals surface area contributed by atoms with Gasteiger partial charge in [-0.1, -0.05) is 55.8 Å².